The number of phenols is 1. The van der Waals surface area contributed by atoms with Gasteiger partial charge in [-0.2, -0.15) is 0 Å². The van der Waals surface area contributed by atoms with Crippen molar-refractivity contribution in [2.24, 2.45) is 5.92 Å². The van der Waals surface area contributed by atoms with Crippen molar-refractivity contribution in [1.82, 2.24) is 4.90 Å². The Bertz CT molecular complexity index is 459. The van der Waals surface area contributed by atoms with Crippen LogP contribution in [0.5, 0.6) is 5.75 Å². The summed E-state index contributed by atoms with van der Waals surface area (Å²) >= 11 is 0. The first-order valence-corrected chi connectivity index (χ1v) is 6.65. The van der Waals surface area contributed by atoms with Gasteiger partial charge in [0.25, 0.3) is 0 Å². The summed E-state index contributed by atoms with van der Waals surface area (Å²) in [5.74, 6) is 0.805. The molecule has 1 aliphatic rings. The Morgan fingerprint density at radius 3 is 3.00 bits per heavy atom. The number of aromatic hydroxyl groups is 1. The minimum Gasteiger partial charge on any atom is -0.508 e. The minimum absolute atomic E-state index is 0.189. The fourth-order valence-electron chi connectivity index (χ4n) is 2.60. The van der Waals surface area contributed by atoms with Gasteiger partial charge in [-0.15, -0.1) is 0 Å². The molecule has 0 unspecified atom stereocenters. The van der Waals surface area contributed by atoms with Crippen molar-refractivity contribution in [1.29, 1.82) is 0 Å². The second kappa shape index (κ2) is 6.06. The molecule has 4 nitrogen and oxygen atoms in total. The third-order valence-electron chi connectivity index (χ3n) is 3.60. The van der Waals surface area contributed by atoms with Crippen molar-refractivity contribution in [2.75, 3.05) is 26.8 Å². The summed E-state index contributed by atoms with van der Waals surface area (Å²) in [7, 11) is 1.64. The number of hydrogen-bond acceptors (Lipinski definition) is 3. The molecule has 1 aromatic carbocycles. The van der Waals surface area contributed by atoms with Crippen LogP contribution in [-0.4, -0.2) is 42.7 Å². The fraction of sp³-hybridized carbons (Fsp3) is 0.533. The van der Waals surface area contributed by atoms with Gasteiger partial charge in [0.1, 0.15) is 5.75 Å². The number of rotatable bonds is 5. The van der Waals surface area contributed by atoms with Crippen LogP contribution in [0.1, 0.15) is 17.5 Å². The number of aryl methyl sites for hydroxylation is 1. The summed E-state index contributed by atoms with van der Waals surface area (Å²) < 4.78 is 5.01. The van der Waals surface area contributed by atoms with E-state index in [0.29, 0.717) is 25.3 Å². The van der Waals surface area contributed by atoms with E-state index < -0.39 is 0 Å². The van der Waals surface area contributed by atoms with Crippen molar-refractivity contribution >= 4 is 5.91 Å². The van der Waals surface area contributed by atoms with Crippen molar-refractivity contribution in [2.45, 2.75) is 19.8 Å². The van der Waals surface area contributed by atoms with Gasteiger partial charge in [0.2, 0.25) is 5.91 Å². The van der Waals surface area contributed by atoms with E-state index >= 15 is 0 Å². The van der Waals surface area contributed by atoms with E-state index in [9.17, 15) is 9.90 Å². The molecule has 1 fully saturated rings. The minimum atomic E-state index is 0.189. The summed E-state index contributed by atoms with van der Waals surface area (Å²) in [4.78, 5) is 13.7. The maximum atomic E-state index is 11.8. The maximum absolute atomic E-state index is 11.8. The monoisotopic (exact) mass is 263 g/mol. The molecule has 1 saturated heterocycles. The quantitative estimate of drug-likeness (QED) is 0.880. The highest BCUT2D eigenvalue weighted by molar-refractivity contribution is 5.78. The summed E-state index contributed by atoms with van der Waals surface area (Å²) in [6.07, 6.45) is 1.32. The van der Waals surface area contributed by atoms with Gasteiger partial charge in [0.05, 0.1) is 6.61 Å². The Kier molecular flexibility index (Phi) is 4.43. The van der Waals surface area contributed by atoms with Gasteiger partial charge < -0.3 is 14.7 Å². The Balaban J connectivity index is 1.97. The lowest BCUT2D eigenvalue weighted by molar-refractivity contribution is -0.128. The predicted molar refractivity (Wildman–Crippen MR) is 73.1 cm³/mol. The Labute approximate surface area is 114 Å². The van der Waals surface area contributed by atoms with Crippen molar-refractivity contribution in [3.8, 4) is 5.75 Å². The third kappa shape index (κ3) is 3.47. The molecule has 0 radical (unpaired) electrons. The molecule has 1 aliphatic heterocycles. The zero-order valence-corrected chi connectivity index (χ0v) is 11.6. The number of benzene rings is 1. The molecule has 1 aromatic rings. The van der Waals surface area contributed by atoms with Crippen LogP contribution >= 0.6 is 0 Å². The number of amides is 1. The average Bonchev–Trinajstić information content (AvgIpc) is 2.72. The molecule has 19 heavy (non-hydrogen) atoms. The molecule has 1 N–H and O–H groups in total. The lowest BCUT2D eigenvalue weighted by atomic mass is 9.97. The second-order valence-corrected chi connectivity index (χ2v) is 5.24. The van der Waals surface area contributed by atoms with Gasteiger partial charge in [0.15, 0.2) is 0 Å². The molecule has 4 heteroatoms. The Morgan fingerprint density at radius 2 is 2.26 bits per heavy atom. The van der Waals surface area contributed by atoms with Crippen LogP contribution in [0.3, 0.4) is 0 Å². The van der Waals surface area contributed by atoms with E-state index in [1.54, 1.807) is 13.2 Å². The Morgan fingerprint density at radius 1 is 1.47 bits per heavy atom. The van der Waals surface area contributed by atoms with E-state index in [0.717, 1.165) is 24.1 Å². The van der Waals surface area contributed by atoms with Crippen LogP contribution in [-0.2, 0) is 16.0 Å². The third-order valence-corrected chi connectivity index (χ3v) is 3.60. The Hall–Kier alpha value is -1.55. The van der Waals surface area contributed by atoms with E-state index in [4.69, 9.17) is 4.74 Å². The molecule has 2 rings (SSSR count). The first kappa shape index (κ1) is 13.9. The first-order chi connectivity index (χ1) is 9.10. The molecule has 0 bridgehead atoms. The molecule has 0 aromatic heterocycles. The molecule has 1 atom stereocenters. The van der Waals surface area contributed by atoms with Crippen LogP contribution in [0.2, 0.25) is 0 Å². The number of hydrogen-bond donors (Lipinski definition) is 1. The van der Waals surface area contributed by atoms with Gasteiger partial charge in [-0.25, -0.2) is 0 Å². The zero-order chi connectivity index (χ0) is 13.8. The van der Waals surface area contributed by atoms with Gasteiger partial charge in [-0.3, -0.25) is 4.79 Å². The first-order valence-electron chi connectivity index (χ1n) is 6.65. The summed E-state index contributed by atoms with van der Waals surface area (Å²) in [5.41, 5.74) is 2.07. The molecule has 1 heterocycles. The van der Waals surface area contributed by atoms with Crippen LogP contribution in [0.15, 0.2) is 18.2 Å². The van der Waals surface area contributed by atoms with E-state index in [-0.39, 0.29) is 11.8 Å². The summed E-state index contributed by atoms with van der Waals surface area (Å²) in [6.45, 7) is 4.00. The highest BCUT2D eigenvalue weighted by Crippen LogP contribution is 2.26. The van der Waals surface area contributed by atoms with Crippen LogP contribution in [0.25, 0.3) is 0 Å². The van der Waals surface area contributed by atoms with Crippen LogP contribution < -0.4 is 0 Å². The van der Waals surface area contributed by atoms with Gasteiger partial charge in [-0.05, 0) is 30.9 Å². The molecule has 104 valence electrons. The number of carbonyl (C=O) groups excluding carboxylic acids is 1. The predicted octanol–water partition coefficient (Wildman–Crippen LogP) is 1.74. The summed E-state index contributed by atoms with van der Waals surface area (Å²) in [6, 6.07) is 5.62. The standard InChI is InChI=1S/C15H21NO3/c1-11-3-4-14(17)13(7-11)8-12-9-15(18)16(10-12)5-6-19-2/h3-4,7,12,17H,5-6,8-10H2,1-2H3/t12-/m1/s1. The van der Waals surface area contributed by atoms with Gasteiger partial charge in [-0.1, -0.05) is 17.7 Å². The largest absolute Gasteiger partial charge is 0.508 e. The van der Waals surface area contributed by atoms with E-state index in [1.807, 2.05) is 24.0 Å². The number of methoxy groups -OCH3 is 1. The number of nitrogens with zero attached hydrogens (tertiary/aromatic N) is 1. The molecule has 0 saturated carbocycles. The highest BCUT2D eigenvalue weighted by Gasteiger charge is 2.29. The number of carbonyl (C=O) groups is 1. The fourth-order valence-corrected chi connectivity index (χ4v) is 2.60. The molecule has 0 spiro atoms. The number of likely N-dealkylation sites (tertiary alicyclic amines) is 1. The second-order valence-electron chi connectivity index (χ2n) is 5.24. The SMILES string of the molecule is COCCN1C[C@H](Cc2cc(C)ccc2O)CC1=O. The lowest BCUT2D eigenvalue weighted by Crippen LogP contribution is -2.28. The van der Waals surface area contributed by atoms with Gasteiger partial charge >= 0.3 is 0 Å². The number of ether oxygens (including phenoxy) is 1. The zero-order valence-electron chi connectivity index (χ0n) is 11.6. The molecule has 1 amide bonds. The highest BCUT2D eigenvalue weighted by atomic mass is 16.5. The lowest BCUT2D eigenvalue weighted by Gasteiger charge is -2.16. The van der Waals surface area contributed by atoms with Crippen molar-refractivity contribution < 1.29 is 14.6 Å². The van der Waals surface area contributed by atoms with Crippen LogP contribution in [0.4, 0.5) is 0 Å². The smallest absolute Gasteiger partial charge is 0.223 e. The van der Waals surface area contributed by atoms with Crippen molar-refractivity contribution in [3.63, 3.8) is 0 Å². The average molecular weight is 263 g/mol. The number of phenolic OH excluding ortho intramolecular Hbond substituents is 1. The molecule has 0 aliphatic carbocycles. The topological polar surface area (TPSA) is 49.8 Å². The molecular formula is C15H21NO3. The normalized spacial score (nSPS) is 19.2. The van der Waals surface area contributed by atoms with Crippen LogP contribution in [0, 0.1) is 12.8 Å². The van der Waals surface area contributed by atoms with E-state index in [2.05, 4.69) is 0 Å². The van der Waals surface area contributed by atoms with Gasteiger partial charge in [0, 0.05) is 26.6 Å². The summed E-state index contributed by atoms with van der Waals surface area (Å²) in [5, 5.41) is 9.85. The maximum Gasteiger partial charge on any atom is 0.223 e. The molecular weight excluding hydrogens is 242 g/mol. The van der Waals surface area contributed by atoms with E-state index in [1.165, 1.54) is 0 Å². The van der Waals surface area contributed by atoms with Crippen molar-refractivity contribution in [3.05, 3.63) is 29.3 Å².